The number of aromatic carboxylic acids is 1. The molecule has 0 saturated carbocycles. The van der Waals surface area contributed by atoms with Crippen LogP contribution in [0.25, 0.3) is 11.1 Å². The standard InChI is InChI=1S/C27H33N3O3/c1-3-5-7-8-9-14-25-28-30(19-6-4-2)27(33)29(25)20-21-15-17-22(18-16-21)23-12-10-11-13-24(23)26(31)32/h4,10-13,15-18H,2-3,5-9,14,19-20H2,1H3,(H,31,32). The average molecular weight is 448 g/mol. The molecule has 6 nitrogen and oxygen atoms in total. The molecule has 0 amide bonds. The highest BCUT2D eigenvalue weighted by atomic mass is 16.4. The average Bonchev–Trinajstić information content (AvgIpc) is 3.12. The number of unbranched alkanes of at least 4 members (excludes halogenated alkanes) is 4. The molecule has 33 heavy (non-hydrogen) atoms. The zero-order chi connectivity index (χ0) is 23.6. The van der Waals surface area contributed by atoms with Crippen LogP contribution in [0.2, 0.25) is 0 Å². The van der Waals surface area contributed by atoms with Gasteiger partial charge in [-0.15, -0.1) is 6.58 Å². The van der Waals surface area contributed by atoms with Crippen LogP contribution in [-0.2, 0) is 19.5 Å². The number of carbonyl (C=O) groups is 1. The molecule has 3 rings (SSSR count). The summed E-state index contributed by atoms with van der Waals surface area (Å²) in [7, 11) is 0. The Kier molecular flexibility index (Phi) is 8.81. The maximum absolute atomic E-state index is 13.0. The number of benzene rings is 2. The lowest BCUT2D eigenvalue weighted by Gasteiger charge is -2.09. The summed E-state index contributed by atoms with van der Waals surface area (Å²) in [5, 5.41) is 14.1. The Morgan fingerprint density at radius 3 is 2.48 bits per heavy atom. The fraction of sp³-hybridized carbons (Fsp3) is 0.370. The molecule has 0 unspecified atom stereocenters. The minimum absolute atomic E-state index is 0.0966. The first-order valence-corrected chi connectivity index (χ1v) is 11.7. The Labute approximate surface area is 195 Å². The Morgan fingerprint density at radius 2 is 1.79 bits per heavy atom. The molecule has 0 aliphatic heterocycles. The number of aryl methyl sites for hydroxylation is 2. The van der Waals surface area contributed by atoms with Gasteiger partial charge in [-0.05, 0) is 35.6 Å². The summed E-state index contributed by atoms with van der Waals surface area (Å²) < 4.78 is 3.31. The van der Waals surface area contributed by atoms with Crippen molar-refractivity contribution in [2.24, 2.45) is 0 Å². The van der Waals surface area contributed by atoms with Crippen LogP contribution in [0.3, 0.4) is 0 Å². The second-order valence-corrected chi connectivity index (χ2v) is 8.30. The van der Waals surface area contributed by atoms with Crippen molar-refractivity contribution >= 4 is 5.97 Å². The number of hydrogen-bond acceptors (Lipinski definition) is 3. The lowest BCUT2D eigenvalue weighted by Crippen LogP contribution is -2.26. The van der Waals surface area contributed by atoms with E-state index in [-0.39, 0.29) is 11.3 Å². The summed E-state index contributed by atoms with van der Waals surface area (Å²) in [5.74, 6) is -0.127. The molecule has 6 heteroatoms. The van der Waals surface area contributed by atoms with Gasteiger partial charge in [0.1, 0.15) is 5.82 Å². The van der Waals surface area contributed by atoms with Gasteiger partial charge in [0, 0.05) is 13.0 Å². The van der Waals surface area contributed by atoms with E-state index in [1.54, 1.807) is 27.5 Å². The van der Waals surface area contributed by atoms with E-state index in [1.165, 1.54) is 19.3 Å². The van der Waals surface area contributed by atoms with Crippen molar-refractivity contribution in [2.75, 3.05) is 0 Å². The van der Waals surface area contributed by atoms with E-state index < -0.39 is 5.97 Å². The fourth-order valence-electron chi connectivity index (χ4n) is 3.97. The minimum Gasteiger partial charge on any atom is -0.478 e. The molecule has 0 aliphatic carbocycles. The van der Waals surface area contributed by atoms with Gasteiger partial charge in [0.05, 0.1) is 12.1 Å². The third-order valence-corrected chi connectivity index (χ3v) is 5.81. The second-order valence-electron chi connectivity index (χ2n) is 8.30. The quantitative estimate of drug-likeness (QED) is 0.275. The minimum atomic E-state index is -0.947. The van der Waals surface area contributed by atoms with Crippen LogP contribution in [0.1, 0.15) is 67.2 Å². The molecule has 0 spiro atoms. The van der Waals surface area contributed by atoms with Crippen molar-refractivity contribution in [1.29, 1.82) is 0 Å². The summed E-state index contributed by atoms with van der Waals surface area (Å²) in [6, 6.07) is 14.7. The third-order valence-electron chi connectivity index (χ3n) is 5.81. The van der Waals surface area contributed by atoms with Crippen LogP contribution in [0.5, 0.6) is 0 Å². The number of carboxylic acids is 1. The van der Waals surface area contributed by atoms with E-state index in [1.807, 2.05) is 36.4 Å². The molecular weight excluding hydrogens is 414 g/mol. The first-order valence-electron chi connectivity index (χ1n) is 11.7. The second kappa shape index (κ2) is 12.0. The molecule has 0 saturated heterocycles. The maximum atomic E-state index is 13.0. The summed E-state index contributed by atoms with van der Waals surface area (Å²) >= 11 is 0. The Hall–Kier alpha value is -3.41. The van der Waals surface area contributed by atoms with Crippen LogP contribution in [0, 0.1) is 0 Å². The van der Waals surface area contributed by atoms with Gasteiger partial charge in [0.15, 0.2) is 0 Å². The normalized spacial score (nSPS) is 10.9. The molecule has 1 aromatic heterocycles. The Morgan fingerprint density at radius 1 is 1.06 bits per heavy atom. The molecule has 0 aliphatic rings. The summed E-state index contributed by atoms with van der Waals surface area (Å²) in [6.07, 6.45) is 9.07. The predicted molar refractivity (Wildman–Crippen MR) is 132 cm³/mol. The molecule has 0 bridgehead atoms. The lowest BCUT2D eigenvalue weighted by molar-refractivity contribution is 0.0697. The molecular formula is C27H33N3O3. The molecule has 174 valence electrons. The topological polar surface area (TPSA) is 77.1 Å². The van der Waals surface area contributed by atoms with Crippen molar-refractivity contribution in [3.05, 3.63) is 88.6 Å². The van der Waals surface area contributed by atoms with Crippen molar-refractivity contribution < 1.29 is 9.90 Å². The van der Waals surface area contributed by atoms with Crippen molar-refractivity contribution in [3.63, 3.8) is 0 Å². The Bertz CT molecular complexity index is 1130. The molecule has 0 radical (unpaired) electrons. The van der Waals surface area contributed by atoms with Crippen LogP contribution >= 0.6 is 0 Å². The lowest BCUT2D eigenvalue weighted by atomic mass is 9.99. The van der Waals surface area contributed by atoms with Gasteiger partial charge < -0.3 is 5.11 Å². The van der Waals surface area contributed by atoms with Crippen LogP contribution < -0.4 is 5.69 Å². The SMILES string of the molecule is C=CCCn1nc(CCCCCCC)n(Cc2ccc(-c3ccccc3C(=O)O)cc2)c1=O. The van der Waals surface area contributed by atoms with Gasteiger partial charge in [0.25, 0.3) is 0 Å². The van der Waals surface area contributed by atoms with Gasteiger partial charge in [-0.2, -0.15) is 5.10 Å². The maximum Gasteiger partial charge on any atom is 0.346 e. The number of aromatic nitrogens is 3. The smallest absolute Gasteiger partial charge is 0.346 e. The largest absolute Gasteiger partial charge is 0.478 e. The van der Waals surface area contributed by atoms with Crippen molar-refractivity contribution in [2.45, 2.75) is 65.0 Å². The number of rotatable bonds is 13. The number of allylic oxidation sites excluding steroid dienone is 1. The number of carboxylic acid groups (broad SMARTS) is 1. The van der Waals surface area contributed by atoms with Crippen molar-refractivity contribution in [1.82, 2.24) is 14.3 Å². The fourth-order valence-corrected chi connectivity index (χ4v) is 3.97. The van der Waals surface area contributed by atoms with Gasteiger partial charge in [-0.1, -0.05) is 81.1 Å². The third kappa shape index (κ3) is 6.31. The summed E-state index contributed by atoms with van der Waals surface area (Å²) in [6.45, 7) is 6.92. The van der Waals surface area contributed by atoms with Crippen LogP contribution in [-0.4, -0.2) is 25.4 Å². The first-order chi connectivity index (χ1) is 16.0. The van der Waals surface area contributed by atoms with E-state index in [0.29, 0.717) is 25.1 Å². The zero-order valence-corrected chi connectivity index (χ0v) is 19.4. The molecule has 0 fully saturated rings. The van der Waals surface area contributed by atoms with E-state index in [2.05, 4.69) is 18.6 Å². The predicted octanol–water partition coefficient (Wildman–Crippen LogP) is 5.55. The van der Waals surface area contributed by atoms with Gasteiger partial charge in [-0.3, -0.25) is 4.57 Å². The van der Waals surface area contributed by atoms with Crippen LogP contribution in [0.15, 0.2) is 66.0 Å². The van der Waals surface area contributed by atoms with Gasteiger partial charge >= 0.3 is 11.7 Å². The summed E-state index contributed by atoms with van der Waals surface area (Å²) in [5.41, 5.74) is 2.67. The van der Waals surface area contributed by atoms with E-state index >= 15 is 0 Å². The molecule has 1 heterocycles. The molecule has 0 atom stereocenters. The highest BCUT2D eigenvalue weighted by Crippen LogP contribution is 2.24. The number of nitrogens with zero attached hydrogens (tertiary/aromatic N) is 3. The molecule has 1 N–H and O–H groups in total. The van der Waals surface area contributed by atoms with Crippen molar-refractivity contribution in [3.8, 4) is 11.1 Å². The summed E-state index contributed by atoms with van der Waals surface area (Å²) in [4.78, 5) is 24.6. The van der Waals surface area contributed by atoms with Crippen LogP contribution in [0.4, 0.5) is 0 Å². The van der Waals surface area contributed by atoms with E-state index in [0.717, 1.165) is 36.2 Å². The van der Waals surface area contributed by atoms with Gasteiger partial charge in [0.2, 0.25) is 0 Å². The monoisotopic (exact) mass is 447 g/mol. The first kappa shape index (κ1) is 24.2. The van der Waals surface area contributed by atoms with Gasteiger partial charge in [-0.25, -0.2) is 14.3 Å². The molecule has 3 aromatic rings. The highest BCUT2D eigenvalue weighted by molar-refractivity contribution is 5.95. The number of hydrogen-bond donors (Lipinski definition) is 1. The zero-order valence-electron chi connectivity index (χ0n) is 19.4. The van der Waals surface area contributed by atoms with E-state index in [4.69, 9.17) is 0 Å². The van der Waals surface area contributed by atoms with E-state index in [9.17, 15) is 14.7 Å². The Balaban J connectivity index is 1.81. The highest BCUT2D eigenvalue weighted by Gasteiger charge is 2.14. The molecule has 2 aromatic carbocycles.